The van der Waals surface area contributed by atoms with Crippen molar-refractivity contribution in [3.8, 4) is 5.75 Å². The average molecular weight is 528 g/mol. The highest BCUT2D eigenvalue weighted by Crippen LogP contribution is 2.21. The summed E-state index contributed by atoms with van der Waals surface area (Å²) in [5.74, 6) is -0.698. The van der Waals surface area contributed by atoms with Crippen molar-refractivity contribution in [2.75, 3.05) is 25.6 Å². The van der Waals surface area contributed by atoms with Crippen molar-refractivity contribution in [2.24, 2.45) is 5.92 Å². The first-order valence-corrected chi connectivity index (χ1v) is 13.5. The van der Waals surface area contributed by atoms with Gasteiger partial charge >= 0.3 is 11.6 Å². The maximum Gasteiger partial charge on any atom is 0.339 e. The standard InChI is InChI=1S/C33H37NO5/c1-23-9-18-31-27(20-23)22-28(33(37)39-31)21-26(32(35)36)8-4-6-24-12-16-30(17-13-24)38-19-5-7-25-10-14-29(15-11-25)34(2)3/h9-18,20,22,26H,4-8,19,21H2,1-3H3,(H,35,36). The van der Waals surface area contributed by atoms with Crippen molar-refractivity contribution in [3.63, 3.8) is 0 Å². The normalized spacial score (nSPS) is 11.9. The van der Waals surface area contributed by atoms with Crippen LogP contribution in [-0.2, 0) is 24.1 Å². The van der Waals surface area contributed by atoms with E-state index in [9.17, 15) is 14.7 Å². The third-order valence-corrected chi connectivity index (χ3v) is 7.05. The van der Waals surface area contributed by atoms with Gasteiger partial charge in [-0.05, 0) is 99.0 Å². The molecule has 1 heterocycles. The summed E-state index contributed by atoms with van der Waals surface area (Å²) in [7, 11) is 4.08. The van der Waals surface area contributed by atoms with Crippen molar-refractivity contribution in [2.45, 2.75) is 45.4 Å². The molecule has 0 bridgehead atoms. The van der Waals surface area contributed by atoms with Crippen molar-refractivity contribution < 1.29 is 19.1 Å². The number of aryl methyl sites for hydroxylation is 3. The first kappa shape index (κ1) is 28.0. The van der Waals surface area contributed by atoms with Gasteiger partial charge in [-0.2, -0.15) is 0 Å². The molecule has 0 fully saturated rings. The third-order valence-electron chi connectivity index (χ3n) is 7.05. The lowest BCUT2D eigenvalue weighted by Gasteiger charge is -2.13. The van der Waals surface area contributed by atoms with Crippen molar-refractivity contribution in [1.29, 1.82) is 0 Å². The quantitative estimate of drug-likeness (QED) is 0.159. The minimum atomic E-state index is -0.892. The zero-order chi connectivity index (χ0) is 27.8. The summed E-state index contributed by atoms with van der Waals surface area (Å²) in [6.07, 6.45) is 4.02. The van der Waals surface area contributed by atoms with Gasteiger partial charge in [-0.3, -0.25) is 4.79 Å². The second-order valence-corrected chi connectivity index (χ2v) is 10.4. The van der Waals surface area contributed by atoms with Crippen LogP contribution in [0.1, 0.15) is 41.5 Å². The van der Waals surface area contributed by atoms with E-state index in [1.165, 1.54) is 11.3 Å². The Labute approximate surface area is 229 Å². The third kappa shape index (κ3) is 7.96. The van der Waals surface area contributed by atoms with Crippen LogP contribution in [0.15, 0.2) is 82.0 Å². The number of ether oxygens (including phenoxy) is 1. The van der Waals surface area contributed by atoms with Gasteiger partial charge in [0.1, 0.15) is 11.3 Å². The predicted octanol–water partition coefficient (Wildman–Crippen LogP) is 6.45. The number of benzene rings is 3. The van der Waals surface area contributed by atoms with Crippen LogP contribution in [0, 0.1) is 12.8 Å². The SMILES string of the molecule is Cc1ccc2oc(=O)c(CC(CCCc3ccc(OCCCc4ccc(N(C)C)cc4)cc3)C(=O)O)cc2c1. The Bertz CT molecular complexity index is 1440. The molecule has 1 aromatic heterocycles. The van der Waals surface area contributed by atoms with Gasteiger partial charge in [0.15, 0.2) is 0 Å². The fourth-order valence-electron chi connectivity index (χ4n) is 4.74. The zero-order valence-corrected chi connectivity index (χ0v) is 23.0. The van der Waals surface area contributed by atoms with Crippen LogP contribution in [0.2, 0.25) is 0 Å². The van der Waals surface area contributed by atoms with Crippen LogP contribution in [-0.4, -0.2) is 31.8 Å². The number of carboxylic acid groups (broad SMARTS) is 1. The minimum Gasteiger partial charge on any atom is -0.494 e. The molecule has 1 unspecified atom stereocenters. The minimum absolute atomic E-state index is 0.161. The van der Waals surface area contributed by atoms with Gasteiger partial charge in [0.25, 0.3) is 0 Å². The monoisotopic (exact) mass is 527 g/mol. The summed E-state index contributed by atoms with van der Waals surface area (Å²) in [5.41, 5.74) is 5.15. The van der Waals surface area contributed by atoms with Crippen LogP contribution >= 0.6 is 0 Å². The summed E-state index contributed by atoms with van der Waals surface area (Å²) in [4.78, 5) is 26.4. The molecule has 1 N–H and O–H groups in total. The van der Waals surface area contributed by atoms with Crippen LogP contribution in [0.25, 0.3) is 11.0 Å². The summed E-state index contributed by atoms with van der Waals surface area (Å²) in [5, 5.41) is 10.6. The fraction of sp³-hybridized carbons (Fsp3) is 0.333. The smallest absolute Gasteiger partial charge is 0.339 e. The molecular weight excluding hydrogens is 490 g/mol. The molecule has 0 aliphatic heterocycles. The highest BCUT2D eigenvalue weighted by atomic mass is 16.5. The molecule has 39 heavy (non-hydrogen) atoms. The van der Waals surface area contributed by atoms with Crippen molar-refractivity contribution in [3.05, 3.63) is 105 Å². The van der Waals surface area contributed by atoms with E-state index in [0.717, 1.165) is 41.5 Å². The number of rotatable bonds is 13. The maximum absolute atomic E-state index is 12.4. The Morgan fingerprint density at radius 2 is 1.59 bits per heavy atom. The first-order chi connectivity index (χ1) is 18.8. The molecule has 0 saturated carbocycles. The van der Waals surface area contributed by atoms with Gasteiger partial charge in [-0.1, -0.05) is 35.9 Å². The molecular formula is C33H37NO5. The van der Waals surface area contributed by atoms with Crippen molar-refractivity contribution >= 4 is 22.6 Å². The van der Waals surface area contributed by atoms with Gasteiger partial charge in [0.05, 0.1) is 12.5 Å². The Kier molecular flexibility index (Phi) is 9.42. The van der Waals surface area contributed by atoms with E-state index in [2.05, 4.69) is 29.2 Å². The van der Waals surface area contributed by atoms with E-state index >= 15 is 0 Å². The molecule has 0 aliphatic carbocycles. The van der Waals surface area contributed by atoms with Gasteiger partial charge < -0.3 is 19.2 Å². The number of anilines is 1. The summed E-state index contributed by atoms with van der Waals surface area (Å²) in [6.45, 7) is 2.62. The fourth-order valence-corrected chi connectivity index (χ4v) is 4.74. The Hall–Kier alpha value is -4.06. The lowest BCUT2D eigenvalue weighted by atomic mass is 9.93. The second kappa shape index (κ2) is 13.1. The highest BCUT2D eigenvalue weighted by Gasteiger charge is 2.20. The Morgan fingerprint density at radius 3 is 2.26 bits per heavy atom. The van der Waals surface area contributed by atoms with Gasteiger partial charge in [-0.25, -0.2) is 4.79 Å². The number of aliphatic carboxylic acids is 1. The molecule has 1 atom stereocenters. The molecule has 0 spiro atoms. The number of carboxylic acids is 1. The Balaban J connectivity index is 1.23. The van der Waals surface area contributed by atoms with Crippen LogP contribution in [0.3, 0.4) is 0 Å². The number of nitrogens with zero attached hydrogens (tertiary/aromatic N) is 1. The van der Waals surface area contributed by atoms with E-state index in [-0.39, 0.29) is 6.42 Å². The number of hydrogen-bond acceptors (Lipinski definition) is 5. The molecule has 6 heteroatoms. The summed E-state index contributed by atoms with van der Waals surface area (Å²) >= 11 is 0. The lowest BCUT2D eigenvalue weighted by molar-refractivity contribution is -0.142. The molecule has 3 aromatic carbocycles. The second-order valence-electron chi connectivity index (χ2n) is 10.4. The molecule has 204 valence electrons. The topological polar surface area (TPSA) is 80.0 Å². The molecule has 4 rings (SSSR count). The number of carbonyl (C=O) groups is 1. The van der Waals surface area contributed by atoms with E-state index in [1.807, 2.05) is 57.4 Å². The molecule has 6 nitrogen and oxygen atoms in total. The largest absolute Gasteiger partial charge is 0.494 e. The van der Waals surface area contributed by atoms with Crippen LogP contribution in [0.5, 0.6) is 5.75 Å². The first-order valence-electron chi connectivity index (χ1n) is 13.5. The van der Waals surface area contributed by atoms with Gasteiger partial charge in [0, 0.05) is 30.7 Å². The lowest BCUT2D eigenvalue weighted by Crippen LogP contribution is -2.20. The van der Waals surface area contributed by atoms with E-state index < -0.39 is 17.5 Å². The molecule has 0 amide bonds. The maximum atomic E-state index is 12.4. The molecule has 0 aliphatic rings. The van der Waals surface area contributed by atoms with Crippen molar-refractivity contribution in [1.82, 2.24) is 0 Å². The average Bonchev–Trinajstić information content (AvgIpc) is 2.92. The summed E-state index contributed by atoms with van der Waals surface area (Å²) < 4.78 is 11.3. The zero-order valence-electron chi connectivity index (χ0n) is 23.0. The predicted molar refractivity (Wildman–Crippen MR) is 156 cm³/mol. The molecule has 0 radical (unpaired) electrons. The van der Waals surface area contributed by atoms with Crippen LogP contribution < -0.4 is 15.3 Å². The molecule has 4 aromatic rings. The number of fused-ring (bicyclic) bond motifs is 1. The Morgan fingerprint density at radius 1 is 0.923 bits per heavy atom. The number of hydrogen-bond donors (Lipinski definition) is 1. The van der Waals surface area contributed by atoms with Crippen LogP contribution in [0.4, 0.5) is 5.69 Å². The van der Waals surface area contributed by atoms with E-state index in [1.54, 1.807) is 12.1 Å². The van der Waals surface area contributed by atoms with Gasteiger partial charge in [0.2, 0.25) is 0 Å². The summed E-state index contributed by atoms with van der Waals surface area (Å²) in [6, 6.07) is 24.0. The van der Waals surface area contributed by atoms with E-state index in [4.69, 9.17) is 9.15 Å². The van der Waals surface area contributed by atoms with E-state index in [0.29, 0.717) is 30.6 Å². The highest BCUT2D eigenvalue weighted by molar-refractivity contribution is 5.78. The molecule has 0 saturated heterocycles. The van der Waals surface area contributed by atoms with Gasteiger partial charge in [-0.15, -0.1) is 0 Å².